The third-order valence-corrected chi connectivity index (χ3v) is 11.1. The van der Waals surface area contributed by atoms with Gasteiger partial charge >= 0.3 is 10.3 Å². The van der Waals surface area contributed by atoms with Gasteiger partial charge in [0.25, 0.3) is 0 Å². The smallest absolute Gasteiger partial charge is 0.380 e. The third kappa shape index (κ3) is 5.29. The Morgan fingerprint density at radius 1 is 0.976 bits per heavy atom. The Labute approximate surface area is 249 Å². The number of ether oxygens (including phenoxy) is 1. The van der Waals surface area contributed by atoms with E-state index in [4.69, 9.17) is 14.1 Å². The fourth-order valence-corrected chi connectivity index (χ4v) is 9.04. The number of rotatable bonds is 8. The van der Waals surface area contributed by atoms with Gasteiger partial charge in [0.2, 0.25) is 0 Å². The number of benzene rings is 3. The van der Waals surface area contributed by atoms with Crippen LogP contribution in [-0.2, 0) is 16.7 Å². The molecule has 2 unspecified atom stereocenters. The van der Waals surface area contributed by atoms with Crippen LogP contribution in [0.5, 0.6) is 11.5 Å². The van der Waals surface area contributed by atoms with Crippen molar-refractivity contribution in [3.63, 3.8) is 0 Å². The van der Waals surface area contributed by atoms with Crippen molar-refractivity contribution in [2.45, 2.75) is 63.9 Å². The summed E-state index contributed by atoms with van der Waals surface area (Å²) in [5, 5.41) is 16.4. The molecule has 0 saturated heterocycles. The maximum absolute atomic E-state index is 11.6. The van der Waals surface area contributed by atoms with Gasteiger partial charge in [0.1, 0.15) is 18.1 Å². The number of fused-ring (bicyclic) bond motifs is 5. The van der Waals surface area contributed by atoms with E-state index in [1.807, 2.05) is 30.3 Å². The van der Waals surface area contributed by atoms with Gasteiger partial charge in [-0.3, -0.25) is 0 Å². The predicted octanol–water partition coefficient (Wildman–Crippen LogP) is 5.78. The first-order valence-corrected chi connectivity index (χ1v) is 16.5. The molecule has 0 aromatic heterocycles. The van der Waals surface area contributed by atoms with Crippen molar-refractivity contribution in [1.82, 2.24) is 0 Å². The van der Waals surface area contributed by atoms with Crippen LogP contribution in [0.3, 0.4) is 0 Å². The second-order valence-corrected chi connectivity index (χ2v) is 14.2. The zero-order valence-corrected chi connectivity index (χ0v) is 25.5. The van der Waals surface area contributed by atoms with Crippen LogP contribution in [0.15, 0.2) is 72.8 Å². The van der Waals surface area contributed by atoms with Crippen molar-refractivity contribution in [3.8, 4) is 11.5 Å². The van der Waals surface area contributed by atoms with E-state index >= 15 is 0 Å². The molecule has 2 fully saturated rings. The second-order valence-electron chi connectivity index (χ2n) is 13.1. The normalized spacial score (nSPS) is 30.1. The molecule has 6 atom stereocenters. The number of aliphatic hydroxyl groups is 1. The Morgan fingerprint density at radius 2 is 1.69 bits per heavy atom. The van der Waals surface area contributed by atoms with Crippen molar-refractivity contribution in [2.75, 3.05) is 25.1 Å². The number of nitrogens with two attached hydrogens (primary N) is 1. The molecule has 3 aromatic rings. The van der Waals surface area contributed by atoms with Gasteiger partial charge in [-0.05, 0) is 114 Å². The highest BCUT2D eigenvalue weighted by atomic mass is 32.2. The molecular weight excluding hydrogens is 548 g/mol. The van der Waals surface area contributed by atoms with Gasteiger partial charge in [0, 0.05) is 12.7 Å². The molecule has 0 heterocycles. The molecule has 0 aliphatic heterocycles. The van der Waals surface area contributed by atoms with Gasteiger partial charge in [-0.25, -0.2) is 0 Å². The van der Waals surface area contributed by atoms with Crippen molar-refractivity contribution >= 4 is 16.0 Å². The molecule has 0 spiro atoms. The molecule has 3 N–H and O–H groups in total. The SMILES string of the molecule is CN(CCOc1ccc([C@H]2C[C@@]3(C)C(CC[C@@H]3O)[C@]3(C)CCc4cc(OS(N)(=O)=O)ccc4C23)cc1)c1ccccc1. The van der Waals surface area contributed by atoms with E-state index in [1.54, 1.807) is 6.07 Å². The summed E-state index contributed by atoms with van der Waals surface area (Å²) in [5.74, 6) is 1.95. The minimum Gasteiger partial charge on any atom is -0.492 e. The average molecular weight is 591 g/mol. The van der Waals surface area contributed by atoms with Crippen molar-refractivity contribution in [1.29, 1.82) is 0 Å². The fraction of sp³-hybridized carbons (Fsp3) is 0.471. The highest BCUT2D eigenvalue weighted by Crippen LogP contribution is 2.70. The van der Waals surface area contributed by atoms with E-state index in [0.29, 0.717) is 12.5 Å². The van der Waals surface area contributed by atoms with Crippen LogP contribution < -0.4 is 19.0 Å². The molecular formula is C34H42N2O5S. The van der Waals surface area contributed by atoms with Gasteiger partial charge in [-0.2, -0.15) is 13.6 Å². The van der Waals surface area contributed by atoms with Gasteiger partial charge in [0.05, 0.1) is 12.6 Å². The molecule has 42 heavy (non-hydrogen) atoms. The summed E-state index contributed by atoms with van der Waals surface area (Å²) in [5.41, 5.74) is 4.63. The zero-order valence-electron chi connectivity index (χ0n) is 24.7. The number of hydrogen-bond acceptors (Lipinski definition) is 6. The van der Waals surface area contributed by atoms with E-state index in [0.717, 1.165) is 55.6 Å². The Kier molecular flexibility index (Phi) is 7.52. The van der Waals surface area contributed by atoms with Gasteiger partial charge in [-0.1, -0.05) is 50.2 Å². The lowest BCUT2D eigenvalue weighted by molar-refractivity contribution is -0.0768. The molecule has 0 amide bonds. The van der Waals surface area contributed by atoms with E-state index in [9.17, 15) is 13.5 Å². The Morgan fingerprint density at radius 3 is 2.40 bits per heavy atom. The lowest BCUT2D eigenvalue weighted by Gasteiger charge is -2.60. The Hall–Kier alpha value is -3.07. The quantitative estimate of drug-likeness (QED) is 0.345. The maximum atomic E-state index is 11.6. The van der Waals surface area contributed by atoms with Crippen molar-refractivity contribution < 1.29 is 22.4 Å². The molecule has 0 bridgehead atoms. The Bertz CT molecular complexity index is 1530. The first-order chi connectivity index (χ1) is 20.0. The standard InChI is InChI=1S/C34H42N2O5S/c1-33-18-17-24-21-27(41-42(35,38)39)13-14-28(24)32(33)29(22-34(2)30(33)15-16-31(34)37)23-9-11-26(12-10-23)40-20-19-36(3)25-7-5-4-6-8-25/h4-14,21,29-32,37H,15-20,22H2,1-3H3,(H2,35,38,39)/t29-,30?,31+,32?,33+,34+/m1/s1. The van der Waals surface area contributed by atoms with E-state index < -0.39 is 10.3 Å². The largest absolute Gasteiger partial charge is 0.492 e. The summed E-state index contributed by atoms with van der Waals surface area (Å²) in [6.45, 7) is 6.07. The Balaban J connectivity index is 1.27. The highest BCUT2D eigenvalue weighted by molar-refractivity contribution is 7.84. The summed E-state index contributed by atoms with van der Waals surface area (Å²) >= 11 is 0. The maximum Gasteiger partial charge on any atom is 0.380 e. The van der Waals surface area contributed by atoms with Crippen LogP contribution in [-0.4, -0.2) is 39.8 Å². The van der Waals surface area contributed by atoms with Crippen LogP contribution in [0.2, 0.25) is 0 Å². The van der Waals surface area contributed by atoms with Gasteiger partial charge < -0.3 is 18.9 Å². The number of hydrogen-bond donors (Lipinski definition) is 2. The van der Waals surface area contributed by atoms with Crippen LogP contribution >= 0.6 is 0 Å². The van der Waals surface area contributed by atoms with Crippen LogP contribution in [0, 0.1) is 16.7 Å². The molecule has 7 nitrogen and oxygen atoms in total. The summed E-state index contributed by atoms with van der Waals surface area (Å²) in [7, 11) is -2.02. The molecule has 2 saturated carbocycles. The number of likely N-dealkylation sites (N-methyl/N-ethyl adjacent to an activating group) is 1. The number of anilines is 1. The molecule has 3 aliphatic carbocycles. The average Bonchev–Trinajstić information content (AvgIpc) is 3.27. The topological polar surface area (TPSA) is 102 Å². The van der Waals surface area contributed by atoms with Crippen LogP contribution in [0.1, 0.15) is 68.1 Å². The third-order valence-electron chi connectivity index (χ3n) is 10.7. The second kappa shape index (κ2) is 10.9. The number of aliphatic hydroxyl groups excluding tert-OH is 1. The number of para-hydroxylation sites is 1. The van der Waals surface area contributed by atoms with Crippen LogP contribution in [0.4, 0.5) is 5.69 Å². The number of nitrogens with zero attached hydrogens (tertiary/aromatic N) is 1. The summed E-state index contributed by atoms with van der Waals surface area (Å²) < 4.78 is 34.3. The van der Waals surface area contributed by atoms with E-state index in [2.05, 4.69) is 62.2 Å². The molecule has 3 aromatic carbocycles. The summed E-state index contributed by atoms with van der Waals surface area (Å²) in [6, 6.07) is 24.4. The summed E-state index contributed by atoms with van der Waals surface area (Å²) in [4.78, 5) is 2.18. The van der Waals surface area contributed by atoms with Crippen LogP contribution in [0.25, 0.3) is 0 Å². The fourth-order valence-electron chi connectivity index (χ4n) is 8.67. The van der Waals surface area contributed by atoms with Crippen molar-refractivity contribution in [3.05, 3.63) is 89.5 Å². The minimum atomic E-state index is -4.09. The van der Waals surface area contributed by atoms with E-state index in [1.165, 1.54) is 11.1 Å². The monoisotopic (exact) mass is 590 g/mol. The summed E-state index contributed by atoms with van der Waals surface area (Å²) in [6.07, 6.45) is 4.28. The van der Waals surface area contributed by atoms with E-state index in [-0.39, 0.29) is 34.5 Å². The molecule has 8 heteroatoms. The first-order valence-electron chi connectivity index (χ1n) is 15.0. The first kappa shape index (κ1) is 29.0. The molecule has 0 radical (unpaired) electrons. The molecule has 6 rings (SSSR count). The molecule has 3 aliphatic rings. The van der Waals surface area contributed by atoms with Gasteiger partial charge in [0.15, 0.2) is 0 Å². The lowest BCUT2D eigenvalue weighted by atomic mass is 9.44. The highest BCUT2D eigenvalue weighted by Gasteiger charge is 2.62. The minimum absolute atomic E-state index is 0.00165. The number of aryl methyl sites for hydroxylation is 1. The van der Waals surface area contributed by atoms with Gasteiger partial charge in [-0.15, -0.1) is 0 Å². The predicted molar refractivity (Wildman–Crippen MR) is 165 cm³/mol. The molecule has 224 valence electrons. The zero-order chi connectivity index (χ0) is 29.7. The lowest BCUT2D eigenvalue weighted by Crippen LogP contribution is -2.52. The van der Waals surface area contributed by atoms with Crippen molar-refractivity contribution in [2.24, 2.45) is 21.9 Å².